The van der Waals surface area contributed by atoms with Gasteiger partial charge in [-0.1, -0.05) is 23.7 Å². The summed E-state index contributed by atoms with van der Waals surface area (Å²) in [4.78, 5) is 0. The standard InChI is InChI=1S/C10H14ClNO3S/c1-8(7-12-16(2,13)14)15-10-6-4-3-5-9(10)11/h3-6,8,12H,7H2,1-2H3/t8-/m1/s1. The molecule has 6 heteroatoms. The maximum absolute atomic E-state index is 10.9. The van der Waals surface area contributed by atoms with E-state index < -0.39 is 10.0 Å². The highest BCUT2D eigenvalue weighted by atomic mass is 35.5. The lowest BCUT2D eigenvalue weighted by molar-refractivity contribution is 0.225. The molecule has 0 radical (unpaired) electrons. The zero-order chi connectivity index (χ0) is 12.2. The van der Waals surface area contributed by atoms with Gasteiger partial charge in [0.05, 0.1) is 11.3 Å². The second-order valence-electron chi connectivity index (χ2n) is 3.48. The fourth-order valence-corrected chi connectivity index (χ4v) is 1.79. The maximum Gasteiger partial charge on any atom is 0.208 e. The van der Waals surface area contributed by atoms with Crippen molar-refractivity contribution in [2.24, 2.45) is 0 Å². The van der Waals surface area contributed by atoms with Crippen molar-refractivity contribution in [3.8, 4) is 5.75 Å². The molecule has 0 fully saturated rings. The van der Waals surface area contributed by atoms with Crippen molar-refractivity contribution in [1.82, 2.24) is 4.72 Å². The van der Waals surface area contributed by atoms with Gasteiger partial charge in [-0.15, -0.1) is 0 Å². The molecule has 90 valence electrons. The third-order valence-electron chi connectivity index (χ3n) is 1.80. The van der Waals surface area contributed by atoms with Crippen LogP contribution in [0.5, 0.6) is 5.75 Å². The smallest absolute Gasteiger partial charge is 0.208 e. The van der Waals surface area contributed by atoms with Crippen LogP contribution in [0.2, 0.25) is 5.02 Å². The number of rotatable bonds is 5. The molecule has 0 aliphatic heterocycles. The summed E-state index contributed by atoms with van der Waals surface area (Å²) in [7, 11) is -3.18. The molecule has 1 atom stereocenters. The monoisotopic (exact) mass is 263 g/mol. The largest absolute Gasteiger partial charge is 0.488 e. The SMILES string of the molecule is C[C@H](CNS(C)(=O)=O)Oc1ccccc1Cl. The third kappa shape index (κ3) is 4.83. The summed E-state index contributed by atoms with van der Waals surface area (Å²) in [5.74, 6) is 0.548. The first-order chi connectivity index (χ1) is 7.38. The van der Waals surface area contributed by atoms with E-state index in [-0.39, 0.29) is 12.6 Å². The van der Waals surface area contributed by atoms with Gasteiger partial charge in [-0.25, -0.2) is 13.1 Å². The Balaban J connectivity index is 2.52. The summed E-state index contributed by atoms with van der Waals surface area (Å²) in [6, 6.07) is 7.05. The van der Waals surface area contributed by atoms with Crippen LogP contribution in [-0.2, 0) is 10.0 Å². The second kappa shape index (κ2) is 5.52. The van der Waals surface area contributed by atoms with E-state index in [0.717, 1.165) is 6.26 Å². The maximum atomic E-state index is 10.9. The molecular weight excluding hydrogens is 250 g/mol. The number of benzene rings is 1. The highest BCUT2D eigenvalue weighted by molar-refractivity contribution is 7.88. The first-order valence-corrected chi connectivity index (χ1v) is 7.01. The summed E-state index contributed by atoms with van der Waals surface area (Å²) in [5.41, 5.74) is 0. The van der Waals surface area contributed by atoms with Crippen LogP contribution in [-0.4, -0.2) is 27.3 Å². The Kier molecular flexibility index (Phi) is 4.58. The zero-order valence-electron chi connectivity index (χ0n) is 9.10. The van der Waals surface area contributed by atoms with Gasteiger partial charge >= 0.3 is 0 Å². The molecule has 4 nitrogen and oxygen atoms in total. The minimum absolute atomic E-state index is 0.212. The van der Waals surface area contributed by atoms with Crippen LogP contribution in [0.25, 0.3) is 0 Å². The summed E-state index contributed by atoms with van der Waals surface area (Å²) >= 11 is 5.89. The van der Waals surface area contributed by atoms with Gasteiger partial charge in [0, 0.05) is 6.54 Å². The van der Waals surface area contributed by atoms with Gasteiger partial charge in [0.25, 0.3) is 0 Å². The van der Waals surface area contributed by atoms with E-state index in [9.17, 15) is 8.42 Å². The van der Waals surface area contributed by atoms with E-state index in [2.05, 4.69) is 4.72 Å². The average molecular weight is 264 g/mol. The van der Waals surface area contributed by atoms with Crippen molar-refractivity contribution < 1.29 is 13.2 Å². The fourth-order valence-electron chi connectivity index (χ4n) is 1.07. The minimum Gasteiger partial charge on any atom is -0.488 e. The average Bonchev–Trinajstić information content (AvgIpc) is 2.18. The molecule has 0 saturated heterocycles. The van der Waals surface area contributed by atoms with Crippen LogP contribution in [0.4, 0.5) is 0 Å². The van der Waals surface area contributed by atoms with Crippen molar-refractivity contribution in [3.05, 3.63) is 29.3 Å². The Morgan fingerprint density at radius 1 is 1.44 bits per heavy atom. The van der Waals surface area contributed by atoms with Crippen LogP contribution in [0.15, 0.2) is 24.3 Å². The summed E-state index contributed by atoms with van der Waals surface area (Å²) in [5, 5.41) is 0.508. The minimum atomic E-state index is -3.18. The van der Waals surface area contributed by atoms with E-state index in [1.807, 2.05) is 0 Å². The molecule has 0 spiro atoms. The molecule has 0 aliphatic rings. The molecular formula is C10H14ClNO3S. The molecule has 0 aromatic heterocycles. The van der Waals surface area contributed by atoms with Gasteiger partial charge in [0.1, 0.15) is 11.9 Å². The van der Waals surface area contributed by atoms with E-state index in [1.165, 1.54) is 0 Å². The molecule has 1 rings (SSSR count). The van der Waals surface area contributed by atoms with Crippen molar-refractivity contribution in [1.29, 1.82) is 0 Å². The summed E-state index contributed by atoms with van der Waals surface area (Å²) in [6.07, 6.45) is 0.824. The molecule has 0 amide bonds. The van der Waals surface area contributed by atoms with Crippen LogP contribution < -0.4 is 9.46 Å². The second-order valence-corrected chi connectivity index (χ2v) is 5.72. The molecule has 1 aromatic rings. The number of nitrogens with one attached hydrogen (secondary N) is 1. The van der Waals surface area contributed by atoms with Crippen molar-refractivity contribution in [3.63, 3.8) is 0 Å². The Morgan fingerprint density at radius 2 is 2.06 bits per heavy atom. The topological polar surface area (TPSA) is 55.4 Å². The Morgan fingerprint density at radius 3 is 2.62 bits per heavy atom. The van der Waals surface area contributed by atoms with E-state index in [0.29, 0.717) is 10.8 Å². The van der Waals surface area contributed by atoms with Crippen molar-refractivity contribution in [2.45, 2.75) is 13.0 Å². The number of hydrogen-bond acceptors (Lipinski definition) is 3. The molecule has 0 heterocycles. The predicted octanol–water partition coefficient (Wildman–Crippen LogP) is 1.66. The van der Waals surface area contributed by atoms with Crippen LogP contribution >= 0.6 is 11.6 Å². The Bertz CT molecular complexity index is 447. The van der Waals surface area contributed by atoms with Crippen LogP contribution in [0.1, 0.15) is 6.92 Å². The third-order valence-corrected chi connectivity index (χ3v) is 2.80. The lowest BCUT2D eigenvalue weighted by Gasteiger charge is -2.15. The summed E-state index contributed by atoms with van der Waals surface area (Å²) in [6.45, 7) is 1.98. The number of para-hydroxylation sites is 1. The zero-order valence-corrected chi connectivity index (χ0v) is 10.7. The molecule has 1 N–H and O–H groups in total. The molecule has 0 saturated carbocycles. The van der Waals surface area contributed by atoms with Gasteiger partial charge in [-0.2, -0.15) is 0 Å². The van der Waals surface area contributed by atoms with E-state index in [1.54, 1.807) is 31.2 Å². The lowest BCUT2D eigenvalue weighted by atomic mass is 10.3. The van der Waals surface area contributed by atoms with E-state index >= 15 is 0 Å². The molecule has 0 aliphatic carbocycles. The normalized spacial score (nSPS) is 13.4. The molecule has 1 aromatic carbocycles. The van der Waals surface area contributed by atoms with Crippen LogP contribution in [0, 0.1) is 0 Å². The highest BCUT2D eigenvalue weighted by Gasteiger charge is 2.09. The van der Waals surface area contributed by atoms with Crippen molar-refractivity contribution in [2.75, 3.05) is 12.8 Å². The predicted molar refractivity (Wildman–Crippen MR) is 64.4 cm³/mol. The fraction of sp³-hybridized carbons (Fsp3) is 0.400. The van der Waals surface area contributed by atoms with Gasteiger partial charge in [0.2, 0.25) is 10.0 Å². The lowest BCUT2D eigenvalue weighted by Crippen LogP contribution is -2.32. The van der Waals surface area contributed by atoms with Gasteiger partial charge in [0.15, 0.2) is 0 Å². The quantitative estimate of drug-likeness (QED) is 0.879. The first kappa shape index (κ1) is 13.3. The first-order valence-electron chi connectivity index (χ1n) is 4.74. The van der Waals surface area contributed by atoms with Gasteiger partial charge in [-0.05, 0) is 19.1 Å². The van der Waals surface area contributed by atoms with Crippen LogP contribution in [0.3, 0.4) is 0 Å². The van der Waals surface area contributed by atoms with E-state index in [4.69, 9.17) is 16.3 Å². The van der Waals surface area contributed by atoms with Gasteiger partial charge < -0.3 is 4.74 Å². The number of halogens is 1. The Hall–Kier alpha value is -0.780. The number of ether oxygens (including phenoxy) is 1. The number of hydrogen-bond donors (Lipinski definition) is 1. The highest BCUT2D eigenvalue weighted by Crippen LogP contribution is 2.23. The van der Waals surface area contributed by atoms with Crippen molar-refractivity contribution >= 4 is 21.6 Å². The molecule has 16 heavy (non-hydrogen) atoms. The Labute approximate surface area is 101 Å². The summed E-state index contributed by atoms with van der Waals surface area (Å²) < 4.78 is 29.6. The molecule has 0 unspecified atom stereocenters. The van der Waals surface area contributed by atoms with Gasteiger partial charge in [-0.3, -0.25) is 0 Å². The number of sulfonamides is 1. The molecule has 0 bridgehead atoms.